The first-order valence-electron chi connectivity index (χ1n) is 12.0. The van der Waals surface area contributed by atoms with Crippen molar-refractivity contribution < 1.29 is 9.07 Å². The molecule has 0 bridgehead atoms. The average molecular weight is 485 g/mol. The Kier molecular flexibility index (Phi) is 5.79. The number of H-pyrrole nitrogens is 1. The maximum atomic E-state index is 12.9. The van der Waals surface area contributed by atoms with Crippen molar-refractivity contribution in [2.24, 2.45) is 0 Å². The highest BCUT2D eigenvalue weighted by atomic mass is 16.2. The van der Waals surface area contributed by atoms with E-state index >= 15 is 0 Å². The van der Waals surface area contributed by atoms with E-state index in [-0.39, 0.29) is 10.3 Å². The van der Waals surface area contributed by atoms with Crippen molar-refractivity contribution in [3.63, 3.8) is 0 Å². The van der Waals surface area contributed by atoms with Gasteiger partial charge in [-0.2, -0.15) is 0 Å². The number of hydrogen-bond acceptors (Lipinski definition) is 5. The van der Waals surface area contributed by atoms with Gasteiger partial charge in [-0.15, -0.1) is 0 Å². The third kappa shape index (κ3) is 4.38. The first-order chi connectivity index (χ1) is 17.7. The fourth-order valence-corrected chi connectivity index (χ4v) is 4.91. The summed E-state index contributed by atoms with van der Waals surface area (Å²) < 4.78 is 1.87. The lowest BCUT2D eigenvalue weighted by Crippen LogP contribution is -2.35. The maximum absolute atomic E-state index is 12.9. The highest BCUT2D eigenvalue weighted by Crippen LogP contribution is 2.32. The van der Waals surface area contributed by atoms with E-state index in [1.807, 2.05) is 59.4 Å². The summed E-state index contributed by atoms with van der Waals surface area (Å²) in [5.74, 6) is 1.31. The first-order valence-corrected chi connectivity index (χ1v) is 12.0. The highest BCUT2D eigenvalue weighted by Gasteiger charge is 2.24. The molecule has 1 aliphatic rings. The molecule has 1 unspecified atom stereocenters. The van der Waals surface area contributed by atoms with Crippen LogP contribution >= 0.6 is 0 Å². The number of para-hydroxylation sites is 2. The van der Waals surface area contributed by atoms with Crippen molar-refractivity contribution in [3.8, 4) is 5.69 Å². The SMILES string of the molecule is O=C(Nc1cccc(C2CCCN(c3ncnc4[nH]ccc34)C2)c1)Nc1ccccc1-n1ccnc1.[HH].[HH].[HH]. The number of aromatic nitrogens is 5. The second-order valence-corrected chi connectivity index (χ2v) is 8.91. The smallest absolute Gasteiger partial charge is 0.323 e. The molecule has 9 heteroatoms. The van der Waals surface area contributed by atoms with Crippen LogP contribution in [0.1, 0.15) is 28.6 Å². The monoisotopic (exact) mass is 484 g/mol. The second kappa shape index (κ2) is 9.53. The molecule has 2 aromatic carbocycles. The number of amides is 2. The van der Waals surface area contributed by atoms with E-state index in [0.717, 1.165) is 54.2 Å². The Morgan fingerprint density at radius 1 is 1.08 bits per heavy atom. The fourth-order valence-electron chi connectivity index (χ4n) is 4.91. The Bertz CT molecular complexity index is 1510. The Balaban J connectivity index is 0.00000140. The van der Waals surface area contributed by atoms with Crippen LogP contribution in [0.4, 0.5) is 22.0 Å². The molecule has 0 radical (unpaired) electrons. The molecule has 0 spiro atoms. The summed E-state index contributed by atoms with van der Waals surface area (Å²) in [6.45, 7) is 1.83. The third-order valence-electron chi connectivity index (χ3n) is 6.60. The van der Waals surface area contributed by atoms with Crippen molar-refractivity contribution in [2.75, 3.05) is 28.6 Å². The van der Waals surface area contributed by atoms with Crippen LogP contribution in [0.2, 0.25) is 0 Å². The zero-order chi connectivity index (χ0) is 24.3. The predicted octanol–water partition coefficient (Wildman–Crippen LogP) is 5.91. The van der Waals surface area contributed by atoms with Gasteiger partial charge < -0.3 is 25.1 Å². The Hall–Kier alpha value is -4.66. The molecule has 3 N–H and O–H groups in total. The lowest BCUT2D eigenvalue weighted by Gasteiger charge is -2.34. The van der Waals surface area contributed by atoms with Gasteiger partial charge in [0.1, 0.15) is 17.8 Å². The van der Waals surface area contributed by atoms with E-state index in [2.05, 4.69) is 47.6 Å². The number of nitrogens with one attached hydrogen (secondary N) is 3. The summed E-state index contributed by atoms with van der Waals surface area (Å²) in [5.41, 5.74) is 4.37. The lowest BCUT2D eigenvalue weighted by atomic mass is 9.90. The summed E-state index contributed by atoms with van der Waals surface area (Å²) >= 11 is 0. The van der Waals surface area contributed by atoms with Gasteiger partial charge >= 0.3 is 6.03 Å². The largest absolute Gasteiger partial charge is 0.355 e. The number of carbonyl (C=O) groups is 1. The summed E-state index contributed by atoms with van der Waals surface area (Å²) in [4.78, 5) is 31.4. The highest BCUT2D eigenvalue weighted by molar-refractivity contribution is 6.01. The molecule has 1 fully saturated rings. The number of aromatic amines is 1. The molecule has 9 nitrogen and oxygen atoms in total. The summed E-state index contributed by atoms with van der Waals surface area (Å²) in [7, 11) is 0. The van der Waals surface area contributed by atoms with Gasteiger partial charge in [0.25, 0.3) is 0 Å². The second-order valence-electron chi connectivity index (χ2n) is 8.91. The Labute approximate surface area is 212 Å². The molecule has 36 heavy (non-hydrogen) atoms. The van der Waals surface area contributed by atoms with Crippen LogP contribution in [0.15, 0.2) is 85.8 Å². The van der Waals surface area contributed by atoms with Crippen molar-refractivity contribution in [2.45, 2.75) is 18.8 Å². The first kappa shape index (κ1) is 21.8. The molecule has 186 valence electrons. The van der Waals surface area contributed by atoms with Gasteiger partial charge in [-0.25, -0.2) is 19.7 Å². The van der Waals surface area contributed by atoms with Gasteiger partial charge in [-0.3, -0.25) is 0 Å². The van der Waals surface area contributed by atoms with Crippen molar-refractivity contribution in [1.82, 2.24) is 24.5 Å². The summed E-state index contributed by atoms with van der Waals surface area (Å²) in [6.07, 6.45) is 10.9. The average Bonchev–Trinajstić information content (AvgIpc) is 3.62. The van der Waals surface area contributed by atoms with Gasteiger partial charge in [0.05, 0.1) is 23.1 Å². The molecule has 0 saturated carbocycles. The molecular formula is C27H32N8O. The number of imidazole rings is 1. The van der Waals surface area contributed by atoms with Crippen LogP contribution in [0.5, 0.6) is 0 Å². The molecular weight excluding hydrogens is 452 g/mol. The molecule has 2 amide bonds. The van der Waals surface area contributed by atoms with E-state index in [4.69, 9.17) is 0 Å². The van der Waals surface area contributed by atoms with E-state index in [1.165, 1.54) is 5.56 Å². The minimum absolute atomic E-state index is 0. The lowest BCUT2D eigenvalue weighted by molar-refractivity contribution is 0.262. The van der Waals surface area contributed by atoms with Gasteiger partial charge in [0.2, 0.25) is 0 Å². The number of hydrogen-bond donors (Lipinski definition) is 3. The van der Waals surface area contributed by atoms with Crippen LogP contribution in [-0.4, -0.2) is 43.6 Å². The molecule has 3 aromatic heterocycles. The number of rotatable bonds is 5. The molecule has 1 aliphatic heterocycles. The predicted molar refractivity (Wildman–Crippen MR) is 147 cm³/mol. The minimum Gasteiger partial charge on any atom is -0.355 e. The van der Waals surface area contributed by atoms with Crippen LogP contribution < -0.4 is 15.5 Å². The number of benzene rings is 2. The minimum atomic E-state index is -0.291. The van der Waals surface area contributed by atoms with Gasteiger partial charge in [-0.05, 0) is 48.7 Å². The number of carbonyl (C=O) groups excluding carboxylic acids is 1. The van der Waals surface area contributed by atoms with Crippen LogP contribution in [-0.2, 0) is 0 Å². The van der Waals surface area contributed by atoms with Gasteiger partial charge in [0.15, 0.2) is 0 Å². The molecule has 1 atom stereocenters. The zero-order valence-corrected chi connectivity index (χ0v) is 19.6. The number of urea groups is 1. The van der Waals surface area contributed by atoms with Crippen molar-refractivity contribution in [1.29, 1.82) is 0 Å². The van der Waals surface area contributed by atoms with Crippen LogP contribution in [0, 0.1) is 0 Å². The van der Waals surface area contributed by atoms with Crippen molar-refractivity contribution in [3.05, 3.63) is 91.4 Å². The van der Waals surface area contributed by atoms with Gasteiger partial charge in [0, 0.05) is 47.6 Å². The van der Waals surface area contributed by atoms with E-state index in [0.29, 0.717) is 11.6 Å². The molecule has 6 rings (SSSR count). The normalized spacial score (nSPS) is 15.7. The maximum Gasteiger partial charge on any atom is 0.323 e. The quantitative estimate of drug-likeness (QED) is 0.288. The Morgan fingerprint density at radius 2 is 2.03 bits per heavy atom. The number of fused-ring (bicyclic) bond motifs is 1. The molecule has 4 heterocycles. The fraction of sp³-hybridized carbons (Fsp3) is 0.185. The molecule has 0 aliphatic carbocycles. The Morgan fingerprint density at radius 3 is 2.94 bits per heavy atom. The van der Waals surface area contributed by atoms with Gasteiger partial charge in [-0.1, -0.05) is 24.3 Å². The standard InChI is InChI=1S/C27H26N8O.3H2/c36-27(33-23-8-1-2-9-24(23)35-14-12-28-18-35)32-21-7-3-5-19(15-21)20-6-4-13-34(16-20)26-22-10-11-29-25(22)30-17-31-26;;;/h1-3,5,7-12,14-15,17-18,20H,4,6,13,16H2,(H,29,30,31)(H2,32,33,36);3*1H. The number of piperidine rings is 1. The van der Waals surface area contributed by atoms with E-state index in [9.17, 15) is 4.79 Å². The topological polar surface area (TPSA) is 104 Å². The van der Waals surface area contributed by atoms with Crippen LogP contribution in [0.25, 0.3) is 16.7 Å². The molecule has 1 saturated heterocycles. The number of nitrogens with zero attached hydrogens (tertiary/aromatic N) is 5. The van der Waals surface area contributed by atoms with E-state index in [1.54, 1.807) is 18.9 Å². The summed E-state index contributed by atoms with van der Waals surface area (Å²) in [6, 6.07) is 17.5. The number of anilines is 3. The third-order valence-corrected chi connectivity index (χ3v) is 6.60. The van der Waals surface area contributed by atoms with E-state index < -0.39 is 0 Å². The zero-order valence-electron chi connectivity index (χ0n) is 19.6. The van der Waals surface area contributed by atoms with Crippen molar-refractivity contribution >= 4 is 34.3 Å². The van der Waals surface area contributed by atoms with Crippen LogP contribution in [0.3, 0.4) is 0 Å². The molecule has 5 aromatic rings. The summed E-state index contributed by atoms with van der Waals surface area (Å²) in [5, 5.41) is 7.00.